The van der Waals surface area contributed by atoms with E-state index < -0.39 is 18.2 Å². The third-order valence-corrected chi connectivity index (χ3v) is 2.28. The van der Waals surface area contributed by atoms with Crippen molar-refractivity contribution >= 4 is 5.97 Å². The first kappa shape index (κ1) is 13.5. The third kappa shape index (κ3) is 3.20. The topological polar surface area (TPSA) is 38.3 Å². The van der Waals surface area contributed by atoms with E-state index in [1.807, 2.05) is 0 Å². The molecule has 0 fully saturated rings. The molecule has 1 unspecified atom stereocenters. The van der Waals surface area contributed by atoms with Crippen molar-refractivity contribution in [1.29, 1.82) is 0 Å². The predicted molar refractivity (Wildman–Crippen MR) is 55.6 cm³/mol. The summed E-state index contributed by atoms with van der Waals surface area (Å²) in [7, 11) is 2.44. The molecule has 0 heterocycles. The minimum Gasteiger partial charge on any atom is -0.465 e. The molecular weight excluding hydrogens is 235 g/mol. The molecule has 1 rings (SSSR count). The molecule has 1 aromatic carbocycles. The highest BCUT2D eigenvalue weighted by Gasteiger charge is 2.39. The maximum Gasteiger partial charge on any atom is 0.407 e. The molecule has 0 saturated carbocycles. The first-order valence-corrected chi connectivity index (χ1v) is 4.82. The van der Waals surface area contributed by atoms with Crippen LogP contribution in [0.3, 0.4) is 0 Å². The normalized spacial score (nSPS) is 13.2. The summed E-state index contributed by atoms with van der Waals surface area (Å²) in [5.41, 5.74) is 0.265. The van der Waals surface area contributed by atoms with Crippen molar-refractivity contribution in [2.75, 3.05) is 14.2 Å². The highest BCUT2D eigenvalue weighted by atomic mass is 19.4. The summed E-state index contributed by atoms with van der Waals surface area (Å²) in [5, 5.41) is 2.18. The third-order valence-electron chi connectivity index (χ3n) is 2.28. The molecule has 0 aliphatic rings. The lowest BCUT2D eigenvalue weighted by molar-refractivity contribution is -0.156. The lowest BCUT2D eigenvalue weighted by atomic mass is 10.0. The molecule has 1 N–H and O–H groups in total. The zero-order valence-electron chi connectivity index (χ0n) is 9.34. The summed E-state index contributed by atoms with van der Waals surface area (Å²) in [6, 6.07) is 3.37. The van der Waals surface area contributed by atoms with Crippen LogP contribution in [0.15, 0.2) is 24.3 Å². The Morgan fingerprint density at radius 2 is 1.82 bits per heavy atom. The quantitative estimate of drug-likeness (QED) is 0.833. The van der Waals surface area contributed by atoms with Crippen LogP contribution in [-0.2, 0) is 4.74 Å². The van der Waals surface area contributed by atoms with Gasteiger partial charge in [-0.25, -0.2) is 4.79 Å². The first-order chi connectivity index (χ1) is 7.90. The molecule has 0 amide bonds. The molecule has 0 aromatic heterocycles. The number of esters is 1. The van der Waals surface area contributed by atoms with Crippen LogP contribution in [0.5, 0.6) is 0 Å². The lowest BCUT2D eigenvalue weighted by Gasteiger charge is -2.19. The Hall–Kier alpha value is -1.56. The van der Waals surface area contributed by atoms with Gasteiger partial charge in [-0.3, -0.25) is 0 Å². The molecule has 1 atom stereocenters. The van der Waals surface area contributed by atoms with Gasteiger partial charge >= 0.3 is 12.1 Å². The van der Waals surface area contributed by atoms with Crippen molar-refractivity contribution < 1.29 is 22.7 Å². The van der Waals surface area contributed by atoms with Gasteiger partial charge in [0.2, 0.25) is 0 Å². The minimum absolute atomic E-state index is 0.0488. The molecule has 3 nitrogen and oxygen atoms in total. The number of rotatable bonds is 3. The Labute approximate surface area is 96.6 Å². The standard InChI is InChI=1S/C11H12F3NO2/c1-15-9(11(12,13)14)7-3-5-8(6-4-7)10(16)17-2/h3-6,9,15H,1-2H3. The van der Waals surface area contributed by atoms with Crippen LogP contribution >= 0.6 is 0 Å². The lowest BCUT2D eigenvalue weighted by Crippen LogP contribution is -2.31. The SMILES string of the molecule is CNC(c1ccc(C(=O)OC)cc1)C(F)(F)F. The second-order valence-electron chi connectivity index (χ2n) is 3.38. The largest absolute Gasteiger partial charge is 0.465 e. The molecule has 0 saturated heterocycles. The van der Waals surface area contributed by atoms with Gasteiger partial charge in [0.15, 0.2) is 0 Å². The summed E-state index contributed by atoms with van der Waals surface area (Å²) in [6.07, 6.45) is -4.37. The fraction of sp³-hybridized carbons (Fsp3) is 0.364. The predicted octanol–water partition coefficient (Wildman–Crippen LogP) is 2.30. The Morgan fingerprint density at radius 3 is 2.18 bits per heavy atom. The zero-order chi connectivity index (χ0) is 13.1. The van der Waals surface area contributed by atoms with Crippen molar-refractivity contribution in [3.05, 3.63) is 35.4 Å². The Balaban J connectivity index is 2.97. The van der Waals surface area contributed by atoms with Crippen LogP contribution in [0.1, 0.15) is 22.0 Å². The number of methoxy groups -OCH3 is 1. The highest BCUT2D eigenvalue weighted by molar-refractivity contribution is 5.89. The van der Waals surface area contributed by atoms with E-state index in [0.717, 1.165) is 0 Å². The van der Waals surface area contributed by atoms with Gasteiger partial charge in [-0.15, -0.1) is 0 Å². The van der Waals surface area contributed by atoms with Crippen LogP contribution in [0.4, 0.5) is 13.2 Å². The molecule has 6 heteroatoms. The van der Waals surface area contributed by atoms with E-state index in [2.05, 4.69) is 10.1 Å². The van der Waals surface area contributed by atoms with Gasteiger partial charge in [0, 0.05) is 0 Å². The number of nitrogens with one attached hydrogen (secondary N) is 1. The Bertz CT molecular complexity index is 387. The smallest absolute Gasteiger partial charge is 0.407 e. The van der Waals surface area contributed by atoms with Gasteiger partial charge in [0.1, 0.15) is 6.04 Å². The van der Waals surface area contributed by atoms with Gasteiger partial charge in [-0.2, -0.15) is 13.2 Å². The Morgan fingerprint density at radius 1 is 1.29 bits per heavy atom. The summed E-state index contributed by atoms with van der Waals surface area (Å²) < 4.78 is 42.2. The van der Waals surface area contributed by atoms with Gasteiger partial charge in [0.25, 0.3) is 0 Å². The fourth-order valence-electron chi connectivity index (χ4n) is 1.45. The van der Waals surface area contributed by atoms with E-state index in [9.17, 15) is 18.0 Å². The van der Waals surface area contributed by atoms with E-state index in [0.29, 0.717) is 0 Å². The van der Waals surface area contributed by atoms with Crippen molar-refractivity contribution in [3.8, 4) is 0 Å². The average molecular weight is 247 g/mol. The maximum absolute atomic E-state index is 12.6. The van der Waals surface area contributed by atoms with Crippen LogP contribution < -0.4 is 5.32 Å². The fourth-order valence-corrected chi connectivity index (χ4v) is 1.45. The summed E-state index contributed by atoms with van der Waals surface area (Å²) in [4.78, 5) is 11.1. The van der Waals surface area contributed by atoms with Gasteiger partial charge in [0.05, 0.1) is 12.7 Å². The first-order valence-electron chi connectivity index (χ1n) is 4.82. The number of hydrogen-bond donors (Lipinski definition) is 1. The van der Waals surface area contributed by atoms with Crippen molar-refractivity contribution in [2.45, 2.75) is 12.2 Å². The number of benzene rings is 1. The van der Waals surface area contributed by atoms with E-state index >= 15 is 0 Å². The monoisotopic (exact) mass is 247 g/mol. The summed E-state index contributed by atoms with van der Waals surface area (Å²) >= 11 is 0. The van der Waals surface area contributed by atoms with Crippen LogP contribution in [-0.4, -0.2) is 26.3 Å². The van der Waals surface area contributed by atoms with Crippen LogP contribution in [0.25, 0.3) is 0 Å². The summed E-state index contributed by atoms with van der Waals surface area (Å²) in [5.74, 6) is -0.579. The van der Waals surface area contributed by atoms with E-state index in [4.69, 9.17) is 0 Å². The average Bonchev–Trinajstić information content (AvgIpc) is 2.28. The number of alkyl halides is 3. The molecule has 0 spiro atoms. The van der Waals surface area contributed by atoms with E-state index in [1.165, 1.54) is 38.4 Å². The number of carbonyl (C=O) groups excluding carboxylic acids is 1. The molecule has 17 heavy (non-hydrogen) atoms. The summed E-state index contributed by atoms with van der Waals surface area (Å²) in [6.45, 7) is 0. The highest BCUT2D eigenvalue weighted by Crippen LogP contribution is 2.32. The number of hydrogen-bond acceptors (Lipinski definition) is 3. The second-order valence-corrected chi connectivity index (χ2v) is 3.38. The van der Waals surface area contributed by atoms with Crippen LogP contribution in [0, 0.1) is 0 Å². The van der Waals surface area contributed by atoms with Crippen molar-refractivity contribution in [1.82, 2.24) is 5.32 Å². The van der Waals surface area contributed by atoms with Crippen molar-refractivity contribution in [2.24, 2.45) is 0 Å². The van der Waals surface area contributed by atoms with Gasteiger partial charge < -0.3 is 10.1 Å². The second kappa shape index (κ2) is 5.18. The number of halogens is 3. The van der Waals surface area contributed by atoms with Crippen molar-refractivity contribution in [3.63, 3.8) is 0 Å². The Kier molecular flexibility index (Phi) is 4.11. The van der Waals surface area contributed by atoms with Gasteiger partial charge in [-0.05, 0) is 24.7 Å². The molecule has 0 radical (unpaired) electrons. The maximum atomic E-state index is 12.6. The number of carbonyl (C=O) groups is 1. The molecule has 94 valence electrons. The zero-order valence-corrected chi connectivity index (χ0v) is 9.34. The van der Waals surface area contributed by atoms with Crippen LogP contribution in [0.2, 0.25) is 0 Å². The molecule has 1 aromatic rings. The van der Waals surface area contributed by atoms with E-state index in [-0.39, 0.29) is 11.1 Å². The molecular formula is C11H12F3NO2. The molecule has 0 bridgehead atoms. The molecule has 0 aliphatic heterocycles. The number of ether oxygens (including phenoxy) is 1. The van der Waals surface area contributed by atoms with Gasteiger partial charge in [-0.1, -0.05) is 12.1 Å². The van der Waals surface area contributed by atoms with E-state index in [1.54, 1.807) is 0 Å². The minimum atomic E-state index is -4.37. The molecule has 0 aliphatic carbocycles.